The van der Waals surface area contributed by atoms with Gasteiger partial charge in [-0.3, -0.25) is 0 Å². The Morgan fingerprint density at radius 3 is 2.33 bits per heavy atom. The molecule has 0 saturated heterocycles. The zero-order chi connectivity index (χ0) is 16.4. The standard InChI is InChI=1S/C14H22O7/c1-9(13(17)18)5-4-6-20-14(19)10(2)11(3)21-8-12(16)7-15/h5,12,15-16H,4,6-8H2,1-3H3,(H,17,18). The molecular formula is C14H22O7. The van der Waals surface area contributed by atoms with E-state index in [9.17, 15) is 9.59 Å². The van der Waals surface area contributed by atoms with Crippen molar-refractivity contribution in [2.24, 2.45) is 0 Å². The lowest BCUT2D eigenvalue weighted by Crippen LogP contribution is -2.19. The van der Waals surface area contributed by atoms with Gasteiger partial charge in [-0.1, -0.05) is 6.08 Å². The lowest BCUT2D eigenvalue weighted by atomic mass is 10.2. The summed E-state index contributed by atoms with van der Waals surface area (Å²) in [5.74, 6) is -1.29. The first-order chi connectivity index (χ1) is 9.79. The Kier molecular flexibility index (Phi) is 9.07. The van der Waals surface area contributed by atoms with Gasteiger partial charge in [0, 0.05) is 12.0 Å². The van der Waals surface area contributed by atoms with E-state index < -0.39 is 24.6 Å². The fourth-order valence-corrected chi connectivity index (χ4v) is 1.15. The Hall–Kier alpha value is -1.86. The SMILES string of the molecule is CC(=CCCOC(=O)C(C)=C(C)OCC(O)CO)C(=O)O. The van der Waals surface area contributed by atoms with E-state index in [1.54, 1.807) is 6.92 Å². The topological polar surface area (TPSA) is 113 Å². The molecule has 1 unspecified atom stereocenters. The average molecular weight is 302 g/mol. The van der Waals surface area contributed by atoms with Crippen LogP contribution in [0.5, 0.6) is 0 Å². The summed E-state index contributed by atoms with van der Waals surface area (Å²) in [4.78, 5) is 22.2. The summed E-state index contributed by atoms with van der Waals surface area (Å²) < 4.78 is 10.1. The van der Waals surface area contributed by atoms with Crippen LogP contribution in [0.4, 0.5) is 0 Å². The lowest BCUT2D eigenvalue weighted by molar-refractivity contribution is -0.139. The zero-order valence-electron chi connectivity index (χ0n) is 12.5. The van der Waals surface area contributed by atoms with Crippen LogP contribution in [0.25, 0.3) is 0 Å². The lowest BCUT2D eigenvalue weighted by Gasteiger charge is -2.12. The second-order valence-corrected chi connectivity index (χ2v) is 4.45. The smallest absolute Gasteiger partial charge is 0.337 e. The van der Waals surface area contributed by atoms with Crippen LogP contribution in [0.15, 0.2) is 23.0 Å². The van der Waals surface area contributed by atoms with Crippen LogP contribution in [0.1, 0.15) is 27.2 Å². The minimum absolute atomic E-state index is 0.0628. The molecule has 0 aromatic heterocycles. The molecule has 0 aliphatic rings. The van der Waals surface area contributed by atoms with Crippen LogP contribution >= 0.6 is 0 Å². The number of carbonyl (C=O) groups is 2. The molecule has 7 heteroatoms. The van der Waals surface area contributed by atoms with Crippen molar-refractivity contribution in [3.63, 3.8) is 0 Å². The number of allylic oxidation sites excluding steroid dienone is 1. The van der Waals surface area contributed by atoms with E-state index in [0.29, 0.717) is 12.2 Å². The van der Waals surface area contributed by atoms with E-state index in [-0.39, 0.29) is 24.4 Å². The van der Waals surface area contributed by atoms with Gasteiger partial charge < -0.3 is 24.8 Å². The Labute approximate surface area is 123 Å². The summed E-state index contributed by atoms with van der Waals surface area (Å²) in [6.07, 6.45) is 0.767. The van der Waals surface area contributed by atoms with E-state index in [4.69, 9.17) is 24.8 Å². The maximum atomic E-state index is 11.7. The molecule has 21 heavy (non-hydrogen) atoms. The highest BCUT2D eigenvalue weighted by molar-refractivity contribution is 5.88. The summed E-state index contributed by atoms with van der Waals surface area (Å²) in [7, 11) is 0. The first-order valence-corrected chi connectivity index (χ1v) is 6.46. The summed E-state index contributed by atoms with van der Waals surface area (Å²) in [6, 6.07) is 0. The molecule has 0 heterocycles. The van der Waals surface area contributed by atoms with Crippen LogP contribution in [-0.2, 0) is 19.1 Å². The van der Waals surface area contributed by atoms with Crippen molar-refractivity contribution in [2.75, 3.05) is 19.8 Å². The zero-order valence-corrected chi connectivity index (χ0v) is 12.5. The number of ether oxygens (including phenoxy) is 2. The molecule has 0 aliphatic heterocycles. The number of rotatable bonds is 9. The number of carboxylic acid groups (broad SMARTS) is 1. The highest BCUT2D eigenvalue weighted by Crippen LogP contribution is 2.08. The molecule has 3 N–H and O–H groups in total. The van der Waals surface area contributed by atoms with Gasteiger partial charge in [-0.15, -0.1) is 0 Å². The summed E-state index contributed by atoms with van der Waals surface area (Å²) in [5, 5.41) is 26.4. The van der Waals surface area contributed by atoms with Gasteiger partial charge in [-0.25, -0.2) is 9.59 Å². The molecule has 0 amide bonds. The number of carbonyl (C=O) groups excluding carboxylic acids is 1. The first-order valence-electron chi connectivity index (χ1n) is 6.46. The van der Waals surface area contributed by atoms with Crippen LogP contribution in [0, 0.1) is 0 Å². The molecule has 0 bridgehead atoms. The fraction of sp³-hybridized carbons (Fsp3) is 0.571. The van der Waals surface area contributed by atoms with Crippen LogP contribution < -0.4 is 0 Å². The van der Waals surface area contributed by atoms with Crippen LogP contribution in [0.3, 0.4) is 0 Å². The van der Waals surface area contributed by atoms with Crippen molar-refractivity contribution >= 4 is 11.9 Å². The highest BCUT2D eigenvalue weighted by atomic mass is 16.5. The van der Waals surface area contributed by atoms with Gasteiger partial charge in [0.25, 0.3) is 0 Å². The second-order valence-electron chi connectivity index (χ2n) is 4.45. The molecule has 7 nitrogen and oxygen atoms in total. The van der Waals surface area contributed by atoms with Gasteiger partial charge in [0.15, 0.2) is 0 Å². The van der Waals surface area contributed by atoms with E-state index in [2.05, 4.69) is 0 Å². The largest absolute Gasteiger partial charge is 0.495 e. The third kappa shape index (κ3) is 8.11. The third-order valence-corrected chi connectivity index (χ3v) is 2.68. The van der Waals surface area contributed by atoms with Crippen molar-refractivity contribution in [1.82, 2.24) is 0 Å². The van der Waals surface area contributed by atoms with Gasteiger partial charge in [0.05, 0.1) is 18.8 Å². The molecule has 0 aromatic rings. The van der Waals surface area contributed by atoms with Gasteiger partial charge in [0.2, 0.25) is 0 Å². The Morgan fingerprint density at radius 2 is 1.81 bits per heavy atom. The number of esters is 1. The molecule has 0 spiro atoms. The van der Waals surface area contributed by atoms with E-state index in [1.165, 1.54) is 19.9 Å². The Bertz CT molecular complexity index is 423. The van der Waals surface area contributed by atoms with E-state index in [1.807, 2.05) is 0 Å². The molecule has 0 saturated carbocycles. The second kappa shape index (κ2) is 9.95. The van der Waals surface area contributed by atoms with Crippen molar-refractivity contribution in [3.05, 3.63) is 23.0 Å². The number of hydrogen-bond donors (Lipinski definition) is 3. The number of carboxylic acids is 1. The summed E-state index contributed by atoms with van der Waals surface area (Å²) >= 11 is 0. The predicted octanol–water partition coefficient (Wildman–Crippen LogP) is 0.614. The maximum Gasteiger partial charge on any atom is 0.337 e. The van der Waals surface area contributed by atoms with Gasteiger partial charge in [0.1, 0.15) is 18.5 Å². The molecule has 0 aliphatic carbocycles. The molecular weight excluding hydrogens is 280 g/mol. The van der Waals surface area contributed by atoms with Gasteiger partial charge in [-0.05, 0) is 20.8 Å². The molecule has 0 radical (unpaired) electrons. The third-order valence-electron chi connectivity index (χ3n) is 2.68. The molecule has 1 atom stereocenters. The minimum Gasteiger partial charge on any atom is -0.495 e. The fourth-order valence-electron chi connectivity index (χ4n) is 1.15. The van der Waals surface area contributed by atoms with E-state index >= 15 is 0 Å². The number of aliphatic hydroxyl groups is 2. The predicted molar refractivity (Wildman–Crippen MR) is 74.4 cm³/mol. The Morgan fingerprint density at radius 1 is 1.19 bits per heavy atom. The first kappa shape index (κ1) is 19.1. The molecule has 0 rings (SSSR count). The monoisotopic (exact) mass is 302 g/mol. The van der Waals surface area contributed by atoms with Crippen LogP contribution in [0.2, 0.25) is 0 Å². The van der Waals surface area contributed by atoms with E-state index in [0.717, 1.165) is 0 Å². The van der Waals surface area contributed by atoms with Crippen molar-refractivity contribution in [2.45, 2.75) is 33.3 Å². The molecule has 0 aromatic carbocycles. The maximum absolute atomic E-state index is 11.7. The number of hydrogen-bond acceptors (Lipinski definition) is 6. The molecule has 0 fully saturated rings. The van der Waals surface area contributed by atoms with Crippen LogP contribution in [-0.4, -0.2) is 53.2 Å². The molecule has 120 valence electrons. The van der Waals surface area contributed by atoms with Crippen molar-refractivity contribution < 1.29 is 34.4 Å². The van der Waals surface area contributed by atoms with Crippen molar-refractivity contribution in [3.8, 4) is 0 Å². The minimum atomic E-state index is -1.01. The number of aliphatic carboxylic acids is 1. The quantitative estimate of drug-likeness (QED) is 0.247. The summed E-state index contributed by atoms with van der Waals surface area (Å²) in [5.41, 5.74) is 0.440. The number of aliphatic hydroxyl groups excluding tert-OH is 2. The highest BCUT2D eigenvalue weighted by Gasteiger charge is 2.11. The normalized spacial score (nSPS) is 14.2. The van der Waals surface area contributed by atoms with Crippen molar-refractivity contribution in [1.29, 1.82) is 0 Å². The average Bonchev–Trinajstić information content (AvgIpc) is 2.46. The Balaban J connectivity index is 4.26. The van der Waals surface area contributed by atoms with Gasteiger partial charge in [-0.2, -0.15) is 0 Å². The van der Waals surface area contributed by atoms with Gasteiger partial charge >= 0.3 is 11.9 Å². The summed E-state index contributed by atoms with van der Waals surface area (Å²) in [6.45, 7) is 4.04.